The van der Waals surface area contributed by atoms with Crippen molar-refractivity contribution < 1.29 is 0 Å². The normalized spacial score (nSPS) is 30.7. The molecule has 0 heteroatoms. The van der Waals surface area contributed by atoms with E-state index in [-0.39, 0.29) is 0 Å². The Labute approximate surface area is 186 Å². The molecule has 0 bridgehead atoms. The maximum atomic E-state index is 2.65. The van der Waals surface area contributed by atoms with Gasteiger partial charge in [0.25, 0.3) is 0 Å². The third-order valence-electron chi connectivity index (χ3n) is 9.86. The van der Waals surface area contributed by atoms with Crippen molar-refractivity contribution in [2.45, 2.75) is 153 Å². The van der Waals surface area contributed by atoms with Crippen LogP contribution in [-0.4, -0.2) is 0 Å². The second-order valence-electron chi connectivity index (χ2n) is 13.9. The van der Waals surface area contributed by atoms with Gasteiger partial charge in [-0.25, -0.2) is 0 Å². The van der Waals surface area contributed by atoms with Crippen molar-refractivity contribution in [2.24, 2.45) is 33.0 Å². The Morgan fingerprint density at radius 2 is 0.931 bits per heavy atom. The molecule has 0 aliphatic heterocycles. The first-order valence-corrected chi connectivity index (χ1v) is 13.1. The maximum Gasteiger partial charge on any atom is -0.0267 e. The standard InChI is InChI=1S/C29H58/c1-12-24(25(2,3)4)27(8,9)29(11)22-17-14-13-16-20-28(10,26(5,6)7)21-18-15-19-23-29/h24H,12-23H2,1-11H3. The largest absolute Gasteiger partial charge is 0.0651 e. The smallest absolute Gasteiger partial charge is 0.0267 e. The highest BCUT2D eigenvalue weighted by molar-refractivity contribution is 4.97. The fourth-order valence-corrected chi connectivity index (χ4v) is 6.86. The predicted molar refractivity (Wildman–Crippen MR) is 133 cm³/mol. The van der Waals surface area contributed by atoms with Crippen LogP contribution < -0.4 is 0 Å². The van der Waals surface area contributed by atoms with Gasteiger partial charge in [0.15, 0.2) is 0 Å². The Morgan fingerprint density at radius 3 is 1.24 bits per heavy atom. The molecule has 0 aromatic carbocycles. The lowest BCUT2D eigenvalue weighted by Crippen LogP contribution is -2.46. The molecule has 0 spiro atoms. The van der Waals surface area contributed by atoms with Crippen molar-refractivity contribution in [2.75, 3.05) is 0 Å². The Bertz CT molecular complexity index is 471. The van der Waals surface area contributed by atoms with Crippen molar-refractivity contribution in [1.82, 2.24) is 0 Å². The molecule has 0 aromatic heterocycles. The van der Waals surface area contributed by atoms with Gasteiger partial charge in [0.1, 0.15) is 0 Å². The van der Waals surface area contributed by atoms with E-state index in [9.17, 15) is 0 Å². The summed E-state index contributed by atoms with van der Waals surface area (Å²) in [7, 11) is 0. The van der Waals surface area contributed by atoms with E-state index in [1.807, 2.05) is 0 Å². The van der Waals surface area contributed by atoms with E-state index in [1.54, 1.807) is 0 Å². The van der Waals surface area contributed by atoms with Crippen molar-refractivity contribution in [1.29, 1.82) is 0 Å². The zero-order valence-electron chi connectivity index (χ0n) is 22.6. The molecule has 0 radical (unpaired) electrons. The maximum absolute atomic E-state index is 2.65. The fraction of sp³-hybridized carbons (Fsp3) is 1.00. The average molecular weight is 407 g/mol. The van der Waals surface area contributed by atoms with E-state index in [0.29, 0.717) is 27.1 Å². The zero-order chi connectivity index (χ0) is 22.6. The number of rotatable bonds is 3. The van der Waals surface area contributed by atoms with Crippen molar-refractivity contribution in [3.63, 3.8) is 0 Å². The SMILES string of the molecule is CCC(C(C)(C)C)C(C)(C)C1(C)CCCCCCC(C)(C(C)(C)C)CCCCC1. The lowest BCUT2D eigenvalue weighted by Gasteiger charge is -2.54. The summed E-state index contributed by atoms with van der Waals surface area (Å²) < 4.78 is 0. The summed E-state index contributed by atoms with van der Waals surface area (Å²) in [6.07, 6.45) is 16.9. The molecule has 1 rings (SSSR count). The highest BCUT2D eigenvalue weighted by Gasteiger charge is 2.48. The molecule has 0 N–H and O–H groups in total. The Hall–Kier alpha value is 0. The summed E-state index contributed by atoms with van der Waals surface area (Å²) >= 11 is 0. The molecule has 0 amide bonds. The highest BCUT2D eigenvalue weighted by Crippen LogP contribution is 2.57. The molecule has 0 saturated heterocycles. The molecule has 1 fully saturated rings. The minimum absolute atomic E-state index is 0.386. The van der Waals surface area contributed by atoms with E-state index >= 15 is 0 Å². The fourth-order valence-electron chi connectivity index (χ4n) is 6.86. The van der Waals surface area contributed by atoms with Crippen LogP contribution >= 0.6 is 0 Å². The van der Waals surface area contributed by atoms with Crippen molar-refractivity contribution in [3.8, 4) is 0 Å². The van der Waals surface area contributed by atoms with Crippen LogP contribution in [0.15, 0.2) is 0 Å². The summed E-state index contributed by atoms with van der Waals surface area (Å²) in [6, 6.07) is 0. The topological polar surface area (TPSA) is 0 Å². The highest BCUT2D eigenvalue weighted by atomic mass is 14.5. The molecule has 0 nitrogen and oxygen atoms in total. The van der Waals surface area contributed by atoms with E-state index in [0.717, 1.165) is 5.92 Å². The molecule has 0 heterocycles. The van der Waals surface area contributed by atoms with Crippen LogP contribution in [0.25, 0.3) is 0 Å². The molecule has 3 atom stereocenters. The van der Waals surface area contributed by atoms with Crippen LogP contribution in [0.5, 0.6) is 0 Å². The Balaban J connectivity index is 2.99. The van der Waals surface area contributed by atoms with E-state index < -0.39 is 0 Å². The molecule has 0 aromatic rings. The van der Waals surface area contributed by atoms with Gasteiger partial charge in [0.05, 0.1) is 0 Å². The molecule has 3 unspecified atom stereocenters. The second kappa shape index (κ2) is 10.1. The second-order valence-corrected chi connectivity index (χ2v) is 13.9. The number of hydrogen-bond acceptors (Lipinski definition) is 0. The molecule has 29 heavy (non-hydrogen) atoms. The third-order valence-corrected chi connectivity index (χ3v) is 9.86. The first-order valence-electron chi connectivity index (χ1n) is 13.1. The first-order chi connectivity index (χ1) is 13.1. The van der Waals surface area contributed by atoms with E-state index in [4.69, 9.17) is 0 Å². The van der Waals surface area contributed by atoms with Gasteiger partial charge >= 0.3 is 0 Å². The molecule has 174 valence electrons. The Morgan fingerprint density at radius 1 is 0.586 bits per heavy atom. The van der Waals surface area contributed by atoms with Gasteiger partial charge in [-0.2, -0.15) is 0 Å². The first kappa shape index (κ1) is 27.0. The summed E-state index contributed by atoms with van der Waals surface area (Å²) in [5, 5.41) is 0. The van der Waals surface area contributed by atoms with Crippen LogP contribution in [0, 0.1) is 33.0 Å². The lowest BCUT2D eigenvalue weighted by atomic mass is 9.51. The average Bonchev–Trinajstić information content (AvgIpc) is 2.56. The van der Waals surface area contributed by atoms with Gasteiger partial charge in [0, 0.05) is 0 Å². The molecular weight excluding hydrogens is 348 g/mol. The Kier molecular flexibility index (Phi) is 9.40. The summed E-state index contributed by atoms with van der Waals surface area (Å²) in [5.74, 6) is 0.778. The van der Waals surface area contributed by atoms with Gasteiger partial charge in [0.2, 0.25) is 0 Å². The minimum Gasteiger partial charge on any atom is -0.0651 e. The van der Waals surface area contributed by atoms with Gasteiger partial charge in [-0.15, -0.1) is 0 Å². The van der Waals surface area contributed by atoms with Crippen molar-refractivity contribution >= 4 is 0 Å². The lowest BCUT2D eigenvalue weighted by molar-refractivity contribution is -0.0449. The molecular formula is C29H58. The minimum atomic E-state index is 0.386. The predicted octanol–water partition coefficient (Wildman–Crippen LogP) is 10.4. The third kappa shape index (κ3) is 6.74. The zero-order valence-corrected chi connectivity index (χ0v) is 22.6. The van der Waals surface area contributed by atoms with Gasteiger partial charge in [-0.05, 0) is 58.7 Å². The van der Waals surface area contributed by atoms with Crippen LogP contribution in [0.2, 0.25) is 0 Å². The van der Waals surface area contributed by atoms with Gasteiger partial charge in [-0.1, -0.05) is 128 Å². The van der Waals surface area contributed by atoms with Crippen LogP contribution in [0.1, 0.15) is 153 Å². The van der Waals surface area contributed by atoms with Gasteiger partial charge in [-0.3, -0.25) is 0 Å². The summed E-state index contributed by atoms with van der Waals surface area (Å²) in [4.78, 5) is 0. The molecule has 1 aliphatic rings. The molecule has 1 aliphatic carbocycles. The summed E-state index contributed by atoms with van der Waals surface area (Å²) in [6.45, 7) is 27.7. The van der Waals surface area contributed by atoms with E-state index in [1.165, 1.54) is 77.0 Å². The van der Waals surface area contributed by atoms with Crippen LogP contribution in [0.4, 0.5) is 0 Å². The van der Waals surface area contributed by atoms with E-state index in [2.05, 4.69) is 76.2 Å². The summed E-state index contributed by atoms with van der Waals surface area (Å²) in [5.41, 5.74) is 2.16. The van der Waals surface area contributed by atoms with Crippen LogP contribution in [-0.2, 0) is 0 Å². The van der Waals surface area contributed by atoms with Crippen molar-refractivity contribution in [3.05, 3.63) is 0 Å². The number of hydrogen-bond donors (Lipinski definition) is 0. The van der Waals surface area contributed by atoms with Gasteiger partial charge < -0.3 is 0 Å². The molecule has 1 saturated carbocycles. The van der Waals surface area contributed by atoms with Crippen LogP contribution in [0.3, 0.4) is 0 Å². The monoisotopic (exact) mass is 406 g/mol. The quantitative estimate of drug-likeness (QED) is 0.437.